The minimum Gasteiger partial charge on any atom is -0.466 e. The Morgan fingerprint density at radius 3 is 0.916 bits per heavy atom. The highest BCUT2D eigenvalue weighted by molar-refractivity contribution is 5.76. The van der Waals surface area contributed by atoms with Crippen molar-refractivity contribution in [1.82, 2.24) is 5.32 Å². The van der Waals surface area contributed by atoms with Crippen molar-refractivity contribution in [2.24, 2.45) is 0 Å². The lowest BCUT2D eigenvalue weighted by molar-refractivity contribution is -0.143. The average molecular weight is 1170 g/mol. The summed E-state index contributed by atoms with van der Waals surface area (Å²) in [5.41, 5.74) is 0. The Kier molecular flexibility index (Phi) is 71.4. The molecule has 0 aromatic carbocycles. The van der Waals surface area contributed by atoms with Crippen molar-refractivity contribution in [3.63, 3.8) is 0 Å². The molecule has 0 aliphatic heterocycles. The molecule has 0 radical (unpaired) electrons. The van der Waals surface area contributed by atoms with E-state index in [1.807, 2.05) is 0 Å². The monoisotopic (exact) mass is 1170 g/mol. The van der Waals surface area contributed by atoms with Crippen LogP contribution >= 0.6 is 0 Å². The van der Waals surface area contributed by atoms with Gasteiger partial charge in [-0.05, 0) is 57.8 Å². The molecule has 1 amide bonds. The van der Waals surface area contributed by atoms with Crippen LogP contribution in [0.2, 0.25) is 0 Å². The summed E-state index contributed by atoms with van der Waals surface area (Å²) in [7, 11) is 0. The van der Waals surface area contributed by atoms with E-state index in [2.05, 4.69) is 43.5 Å². The molecule has 6 nitrogen and oxygen atoms in total. The first-order chi connectivity index (χ1) is 41.0. The number of esters is 1. The molecular weight excluding hydrogens is 1020 g/mol. The normalized spacial score (nSPS) is 12.6. The third-order valence-corrected chi connectivity index (χ3v) is 18.0. The Hall–Kier alpha value is -1.66. The van der Waals surface area contributed by atoms with Crippen LogP contribution in [0.3, 0.4) is 0 Å². The van der Waals surface area contributed by atoms with Gasteiger partial charge in [-0.3, -0.25) is 9.59 Å². The van der Waals surface area contributed by atoms with E-state index in [0.717, 1.165) is 44.9 Å². The second-order valence-electron chi connectivity index (χ2n) is 26.3. The predicted molar refractivity (Wildman–Crippen MR) is 366 cm³/mol. The van der Waals surface area contributed by atoms with Gasteiger partial charge in [0.15, 0.2) is 0 Å². The quantitative estimate of drug-likeness (QED) is 0.0320. The van der Waals surface area contributed by atoms with Crippen molar-refractivity contribution >= 4 is 11.9 Å². The lowest BCUT2D eigenvalue weighted by Crippen LogP contribution is -2.45. The molecular formula is C77H149NO5. The molecule has 2 unspecified atom stereocenters. The molecule has 0 rings (SSSR count). The van der Waals surface area contributed by atoms with Crippen molar-refractivity contribution in [2.45, 2.75) is 443 Å². The van der Waals surface area contributed by atoms with Crippen molar-refractivity contribution in [2.75, 3.05) is 13.2 Å². The van der Waals surface area contributed by atoms with Crippen LogP contribution in [-0.2, 0) is 14.3 Å². The van der Waals surface area contributed by atoms with Crippen LogP contribution in [-0.4, -0.2) is 47.4 Å². The van der Waals surface area contributed by atoms with Gasteiger partial charge in [-0.2, -0.15) is 0 Å². The van der Waals surface area contributed by atoms with Gasteiger partial charge in [0.2, 0.25) is 5.91 Å². The number of carbonyl (C=O) groups is 2. The zero-order chi connectivity index (χ0) is 59.9. The lowest BCUT2D eigenvalue weighted by Gasteiger charge is -2.22. The SMILES string of the molecule is CCCCCCCCCCCCCCCCCCCCCCC(O)C(CO)NC(=O)CCCCCCCCCCCCCCCCCCC/C=C\C/C=C\CCCCCCCCCCCCCOC(=O)CCCCCCCCCCCCC. The number of carbonyl (C=O) groups excluding carboxylic acids is 2. The molecule has 0 aromatic rings. The second-order valence-corrected chi connectivity index (χ2v) is 26.3. The van der Waals surface area contributed by atoms with E-state index < -0.39 is 12.1 Å². The van der Waals surface area contributed by atoms with Gasteiger partial charge < -0.3 is 20.3 Å². The van der Waals surface area contributed by atoms with Crippen LogP contribution in [0.15, 0.2) is 24.3 Å². The molecule has 3 N–H and O–H groups in total. The number of unbranched alkanes of at least 4 members (excludes halogenated alkanes) is 57. The number of amides is 1. The predicted octanol–water partition coefficient (Wildman–Crippen LogP) is 24.9. The fraction of sp³-hybridized carbons (Fsp3) is 0.922. The molecule has 0 aliphatic rings. The highest BCUT2D eigenvalue weighted by Crippen LogP contribution is 2.20. The molecule has 0 heterocycles. The fourth-order valence-electron chi connectivity index (χ4n) is 12.2. The highest BCUT2D eigenvalue weighted by Gasteiger charge is 2.20. The number of hydrogen-bond acceptors (Lipinski definition) is 5. The molecule has 83 heavy (non-hydrogen) atoms. The number of hydrogen-bond donors (Lipinski definition) is 3. The number of allylic oxidation sites excluding steroid dienone is 4. The van der Waals surface area contributed by atoms with Crippen molar-refractivity contribution < 1.29 is 24.5 Å². The van der Waals surface area contributed by atoms with Gasteiger partial charge in [0, 0.05) is 12.8 Å². The third-order valence-electron chi connectivity index (χ3n) is 18.0. The van der Waals surface area contributed by atoms with Gasteiger partial charge in [-0.15, -0.1) is 0 Å². The van der Waals surface area contributed by atoms with Crippen LogP contribution in [0.1, 0.15) is 431 Å². The standard InChI is InChI=1S/C77H149NO5/c1-3-5-7-9-11-13-15-16-17-18-19-37-40-43-46-50-53-57-61-65-69-75(80)74(73-79)78-76(81)70-66-62-58-54-51-47-44-41-38-35-33-31-29-27-25-23-21-20-22-24-26-28-30-32-34-36-39-42-45-48-52-56-60-64-68-72-83-77(82)71-67-63-59-55-49-14-12-10-8-6-4-2/h22,24,28,30,74-75,79-80H,3-21,23,25-27,29,31-73H2,1-2H3,(H,78,81)/b24-22-,30-28-. The summed E-state index contributed by atoms with van der Waals surface area (Å²) in [5.74, 6) is -0.0105. The third kappa shape index (κ3) is 69.3. The van der Waals surface area contributed by atoms with Crippen LogP contribution in [0.4, 0.5) is 0 Å². The van der Waals surface area contributed by atoms with E-state index in [1.165, 1.54) is 353 Å². The first kappa shape index (κ1) is 81.3. The van der Waals surface area contributed by atoms with Gasteiger partial charge >= 0.3 is 5.97 Å². The van der Waals surface area contributed by atoms with E-state index in [-0.39, 0.29) is 18.5 Å². The van der Waals surface area contributed by atoms with Crippen LogP contribution in [0.25, 0.3) is 0 Å². The van der Waals surface area contributed by atoms with E-state index in [4.69, 9.17) is 4.74 Å². The first-order valence-corrected chi connectivity index (χ1v) is 38.1. The van der Waals surface area contributed by atoms with Crippen molar-refractivity contribution in [3.8, 4) is 0 Å². The summed E-state index contributed by atoms with van der Waals surface area (Å²) in [6, 6.07) is -0.540. The summed E-state index contributed by atoms with van der Waals surface area (Å²) >= 11 is 0. The Morgan fingerprint density at radius 2 is 0.602 bits per heavy atom. The Morgan fingerprint density at radius 1 is 0.337 bits per heavy atom. The minimum atomic E-state index is -0.663. The van der Waals surface area contributed by atoms with E-state index in [9.17, 15) is 19.8 Å². The zero-order valence-electron chi connectivity index (χ0n) is 56.5. The van der Waals surface area contributed by atoms with E-state index in [0.29, 0.717) is 25.9 Å². The smallest absolute Gasteiger partial charge is 0.305 e. The largest absolute Gasteiger partial charge is 0.466 e. The van der Waals surface area contributed by atoms with E-state index in [1.54, 1.807) is 0 Å². The molecule has 0 bridgehead atoms. The molecule has 2 atom stereocenters. The molecule has 0 aromatic heterocycles. The summed E-state index contributed by atoms with van der Waals surface area (Å²) in [4.78, 5) is 24.6. The number of rotatable bonds is 72. The number of nitrogens with one attached hydrogen (secondary N) is 1. The molecule has 0 fully saturated rings. The minimum absolute atomic E-state index is 0.0172. The van der Waals surface area contributed by atoms with E-state index >= 15 is 0 Å². The maximum absolute atomic E-state index is 12.6. The van der Waals surface area contributed by atoms with Crippen LogP contribution in [0.5, 0.6) is 0 Å². The van der Waals surface area contributed by atoms with Gasteiger partial charge in [0.1, 0.15) is 0 Å². The molecule has 0 saturated heterocycles. The fourth-order valence-corrected chi connectivity index (χ4v) is 12.2. The second kappa shape index (κ2) is 72.8. The topological polar surface area (TPSA) is 95.9 Å². The van der Waals surface area contributed by atoms with Crippen molar-refractivity contribution in [3.05, 3.63) is 24.3 Å². The van der Waals surface area contributed by atoms with Crippen molar-refractivity contribution in [1.29, 1.82) is 0 Å². The number of ether oxygens (including phenoxy) is 1. The van der Waals surface area contributed by atoms with Crippen LogP contribution < -0.4 is 5.32 Å². The molecule has 492 valence electrons. The zero-order valence-corrected chi connectivity index (χ0v) is 56.5. The summed E-state index contributed by atoms with van der Waals surface area (Å²) < 4.78 is 5.48. The van der Waals surface area contributed by atoms with Gasteiger partial charge in [-0.1, -0.05) is 385 Å². The molecule has 6 heteroatoms. The summed E-state index contributed by atoms with van der Waals surface area (Å²) in [5, 5.41) is 23.4. The highest BCUT2D eigenvalue weighted by atomic mass is 16.5. The lowest BCUT2D eigenvalue weighted by atomic mass is 10.0. The maximum Gasteiger partial charge on any atom is 0.305 e. The summed E-state index contributed by atoms with van der Waals surface area (Å²) in [6.45, 7) is 4.99. The maximum atomic E-state index is 12.6. The molecule has 0 spiro atoms. The van der Waals surface area contributed by atoms with Gasteiger partial charge in [0.05, 0.1) is 25.4 Å². The molecule has 0 saturated carbocycles. The molecule has 0 aliphatic carbocycles. The first-order valence-electron chi connectivity index (χ1n) is 38.1. The van der Waals surface area contributed by atoms with Crippen LogP contribution in [0, 0.1) is 0 Å². The Balaban J connectivity index is 3.37. The Labute approximate surface area is 520 Å². The van der Waals surface area contributed by atoms with Gasteiger partial charge in [-0.25, -0.2) is 0 Å². The number of aliphatic hydroxyl groups is 2. The average Bonchev–Trinajstić information content (AvgIpc) is 3.50. The number of aliphatic hydroxyl groups excluding tert-OH is 2. The summed E-state index contributed by atoms with van der Waals surface area (Å²) in [6.07, 6.45) is 92.6. The van der Waals surface area contributed by atoms with Gasteiger partial charge in [0.25, 0.3) is 0 Å². The Bertz CT molecular complexity index is 1300.